The number of esters is 2. The number of pyridine rings is 1. The summed E-state index contributed by atoms with van der Waals surface area (Å²) in [6.07, 6.45) is 5.33. The van der Waals surface area contributed by atoms with Crippen molar-refractivity contribution < 1.29 is 28.6 Å². The van der Waals surface area contributed by atoms with Crippen LogP contribution in [0, 0.1) is 0 Å². The van der Waals surface area contributed by atoms with Crippen LogP contribution < -0.4 is 14.8 Å². The van der Waals surface area contributed by atoms with E-state index >= 15 is 0 Å². The van der Waals surface area contributed by atoms with Crippen LogP contribution in [0.4, 0.5) is 0 Å². The van der Waals surface area contributed by atoms with Gasteiger partial charge in [0.2, 0.25) is 0 Å². The molecule has 174 valence electrons. The van der Waals surface area contributed by atoms with Crippen molar-refractivity contribution in [2.45, 2.75) is 63.5 Å². The molecule has 33 heavy (non-hydrogen) atoms. The Morgan fingerprint density at radius 3 is 2.61 bits per heavy atom. The Labute approximate surface area is 192 Å². The third kappa shape index (κ3) is 4.55. The summed E-state index contributed by atoms with van der Waals surface area (Å²) in [5.41, 5.74) is 1.09. The lowest BCUT2D eigenvalue weighted by molar-refractivity contribution is -0.166. The molecule has 3 atom stereocenters. The van der Waals surface area contributed by atoms with E-state index in [1.54, 1.807) is 37.6 Å². The third-order valence-corrected chi connectivity index (χ3v) is 6.44. The van der Waals surface area contributed by atoms with Gasteiger partial charge in [-0.15, -0.1) is 0 Å². The average Bonchev–Trinajstić information content (AvgIpc) is 2.78. The van der Waals surface area contributed by atoms with Crippen molar-refractivity contribution >= 4 is 17.8 Å². The van der Waals surface area contributed by atoms with E-state index in [2.05, 4.69) is 10.3 Å². The van der Waals surface area contributed by atoms with E-state index in [1.165, 1.54) is 13.8 Å². The fraction of sp³-hybridized carbons (Fsp3) is 0.440. The smallest absolute Gasteiger partial charge is 0.308 e. The molecule has 8 heteroatoms. The highest BCUT2D eigenvalue weighted by atomic mass is 16.6. The Hall–Kier alpha value is -3.42. The Morgan fingerprint density at radius 2 is 1.94 bits per heavy atom. The highest BCUT2D eigenvalue weighted by molar-refractivity contribution is 5.92. The number of benzene rings is 1. The first-order valence-electron chi connectivity index (χ1n) is 11.1. The van der Waals surface area contributed by atoms with E-state index in [0.29, 0.717) is 29.9 Å². The van der Waals surface area contributed by atoms with Crippen molar-refractivity contribution in [3.8, 4) is 11.5 Å². The molecule has 2 aliphatic rings. The number of nitrogens with zero attached hydrogens (tertiary/aromatic N) is 1. The van der Waals surface area contributed by atoms with Crippen molar-refractivity contribution in [3.63, 3.8) is 0 Å². The average molecular weight is 453 g/mol. The molecule has 1 aromatic carbocycles. The van der Waals surface area contributed by atoms with Crippen LogP contribution in [0.2, 0.25) is 0 Å². The molecule has 1 heterocycles. The number of aromatic nitrogens is 1. The molecule has 1 fully saturated rings. The zero-order chi connectivity index (χ0) is 23.6. The summed E-state index contributed by atoms with van der Waals surface area (Å²) in [5, 5.41) is 3.05. The lowest BCUT2D eigenvalue weighted by Gasteiger charge is -2.49. The summed E-state index contributed by atoms with van der Waals surface area (Å²) in [6, 6.07) is 8.11. The standard InChI is InChI=1S/C25H28N2O6/c1-15(28)32-22-13-17(31-3)12-18-19-8-4-6-10-25(19,33-16(2)29)14-21(23(18)22)27-24(30)20-9-5-7-11-26-20/h5,7,9,11-13,19,21H,4,6,8,10,14H2,1-3H3,(H,27,30)/t19-,21+,25-/m0/s1. The number of hydrogen-bond donors (Lipinski definition) is 1. The van der Waals surface area contributed by atoms with E-state index in [1.807, 2.05) is 6.07 Å². The molecular weight excluding hydrogens is 424 g/mol. The molecule has 2 aromatic rings. The van der Waals surface area contributed by atoms with Gasteiger partial charge in [0, 0.05) is 44.0 Å². The Morgan fingerprint density at radius 1 is 1.12 bits per heavy atom. The topological polar surface area (TPSA) is 104 Å². The summed E-state index contributed by atoms with van der Waals surface area (Å²) in [7, 11) is 1.54. The summed E-state index contributed by atoms with van der Waals surface area (Å²) >= 11 is 0. The van der Waals surface area contributed by atoms with Crippen molar-refractivity contribution in [2.75, 3.05) is 7.11 Å². The number of hydrogen-bond acceptors (Lipinski definition) is 7. The summed E-state index contributed by atoms with van der Waals surface area (Å²) in [6.45, 7) is 2.74. The molecule has 1 amide bonds. The van der Waals surface area contributed by atoms with E-state index in [0.717, 1.165) is 24.8 Å². The van der Waals surface area contributed by atoms with Crippen LogP contribution in [0.25, 0.3) is 0 Å². The van der Waals surface area contributed by atoms with Gasteiger partial charge in [0.1, 0.15) is 22.8 Å². The van der Waals surface area contributed by atoms with Crippen molar-refractivity contribution in [2.24, 2.45) is 0 Å². The molecule has 1 aromatic heterocycles. The maximum atomic E-state index is 13.1. The molecule has 0 bridgehead atoms. The van der Waals surface area contributed by atoms with Gasteiger partial charge in [0.05, 0.1) is 13.2 Å². The van der Waals surface area contributed by atoms with Gasteiger partial charge in [0.25, 0.3) is 5.91 Å². The van der Waals surface area contributed by atoms with Gasteiger partial charge in [-0.3, -0.25) is 19.4 Å². The van der Waals surface area contributed by atoms with Gasteiger partial charge in [0.15, 0.2) is 0 Å². The zero-order valence-corrected chi connectivity index (χ0v) is 19.1. The van der Waals surface area contributed by atoms with Crippen molar-refractivity contribution in [1.29, 1.82) is 0 Å². The molecule has 0 spiro atoms. The van der Waals surface area contributed by atoms with E-state index in [4.69, 9.17) is 14.2 Å². The minimum atomic E-state index is -0.765. The van der Waals surface area contributed by atoms with Gasteiger partial charge >= 0.3 is 11.9 Å². The summed E-state index contributed by atoms with van der Waals surface area (Å²) in [5.74, 6) is -0.418. The van der Waals surface area contributed by atoms with Crippen LogP contribution in [0.1, 0.15) is 79.5 Å². The number of ether oxygens (including phenoxy) is 3. The van der Waals surface area contributed by atoms with E-state index in [9.17, 15) is 14.4 Å². The Kier molecular flexibility index (Phi) is 6.35. The fourth-order valence-corrected chi connectivity index (χ4v) is 5.28. The third-order valence-electron chi connectivity index (χ3n) is 6.44. The highest BCUT2D eigenvalue weighted by Gasteiger charge is 2.52. The Bertz CT molecular complexity index is 1070. The molecule has 0 saturated heterocycles. The van der Waals surface area contributed by atoms with E-state index in [-0.39, 0.29) is 23.5 Å². The molecule has 1 saturated carbocycles. The summed E-state index contributed by atoms with van der Waals surface area (Å²) < 4.78 is 17.1. The van der Waals surface area contributed by atoms with Gasteiger partial charge < -0.3 is 19.5 Å². The fourth-order valence-electron chi connectivity index (χ4n) is 5.28. The molecule has 4 rings (SSSR count). The predicted molar refractivity (Wildman–Crippen MR) is 119 cm³/mol. The summed E-state index contributed by atoms with van der Waals surface area (Å²) in [4.78, 5) is 41.3. The van der Waals surface area contributed by atoms with Crippen LogP contribution in [-0.2, 0) is 14.3 Å². The van der Waals surface area contributed by atoms with Gasteiger partial charge in [-0.05, 0) is 43.0 Å². The number of nitrogens with one attached hydrogen (secondary N) is 1. The van der Waals surface area contributed by atoms with Crippen LogP contribution in [0.15, 0.2) is 36.5 Å². The van der Waals surface area contributed by atoms with Crippen LogP contribution in [0.5, 0.6) is 11.5 Å². The van der Waals surface area contributed by atoms with Crippen LogP contribution in [0.3, 0.4) is 0 Å². The molecule has 1 N–H and O–H groups in total. The van der Waals surface area contributed by atoms with Crippen molar-refractivity contribution in [1.82, 2.24) is 10.3 Å². The number of carbonyl (C=O) groups is 3. The second kappa shape index (κ2) is 9.21. The van der Waals surface area contributed by atoms with E-state index < -0.39 is 17.6 Å². The second-order valence-corrected chi connectivity index (χ2v) is 8.62. The minimum absolute atomic E-state index is 0.0995. The first-order chi connectivity index (χ1) is 15.8. The number of amides is 1. The predicted octanol–water partition coefficient (Wildman–Crippen LogP) is 3.85. The van der Waals surface area contributed by atoms with Crippen LogP contribution >= 0.6 is 0 Å². The normalized spacial score (nSPS) is 23.5. The second-order valence-electron chi connectivity index (χ2n) is 8.62. The molecule has 8 nitrogen and oxygen atoms in total. The van der Waals surface area contributed by atoms with Crippen molar-refractivity contribution in [3.05, 3.63) is 53.3 Å². The molecule has 0 unspecified atom stereocenters. The molecular formula is C25H28N2O6. The lowest BCUT2D eigenvalue weighted by atomic mass is 9.63. The number of rotatable bonds is 5. The first kappa shape index (κ1) is 22.8. The van der Waals surface area contributed by atoms with Gasteiger partial charge in [-0.1, -0.05) is 12.5 Å². The zero-order valence-electron chi connectivity index (χ0n) is 19.1. The number of fused-ring (bicyclic) bond motifs is 3. The lowest BCUT2D eigenvalue weighted by Crippen LogP contribution is -2.50. The Balaban J connectivity index is 1.86. The maximum absolute atomic E-state index is 13.1. The van der Waals surface area contributed by atoms with Gasteiger partial charge in [-0.25, -0.2) is 0 Å². The molecule has 0 radical (unpaired) electrons. The largest absolute Gasteiger partial charge is 0.497 e. The quantitative estimate of drug-likeness (QED) is 0.543. The highest BCUT2D eigenvalue weighted by Crippen LogP contribution is 2.56. The number of carbonyl (C=O) groups excluding carboxylic acids is 3. The number of methoxy groups -OCH3 is 1. The van der Waals surface area contributed by atoms with Gasteiger partial charge in [-0.2, -0.15) is 0 Å². The van der Waals surface area contributed by atoms with Crippen LogP contribution in [-0.4, -0.2) is 35.5 Å². The first-order valence-corrected chi connectivity index (χ1v) is 11.1. The molecule has 2 aliphatic carbocycles. The minimum Gasteiger partial charge on any atom is -0.497 e. The SMILES string of the molecule is COc1cc(OC(C)=O)c2c(c1)[C@@H]1CCCC[C@]1(OC(C)=O)C[C@H]2NC(=O)c1ccccn1. The maximum Gasteiger partial charge on any atom is 0.308 e. The molecule has 0 aliphatic heterocycles. The monoisotopic (exact) mass is 452 g/mol.